The molecule has 2 N–H and O–H groups in total. The summed E-state index contributed by atoms with van der Waals surface area (Å²) in [4.78, 5) is 27.8. The van der Waals surface area contributed by atoms with Gasteiger partial charge in [-0.2, -0.15) is 0 Å². The van der Waals surface area contributed by atoms with E-state index in [0.717, 1.165) is 58.4 Å². The van der Waals surface area contributed by atoms with Gasteiger partial charge in [-0.1, -0.05) is 0 Å². The van der Waals surface area contributed by atoms with Crippen LogP contribution in [0, 0.1) is 0 Å². The van der Waals surface area contributed by atoms with Gasteiger partial charge in [-0.15, -0.1) is 0 Å². The highest BCUT2D eigenvalue weighted by Gasteiger charge is 2.34. The number of hydrogen-bond acceptors (Lipinski definition) is 3. The van der Waals surface area contributed by atoms with E-state index in [1.807, 2.05) is 9.80 Å². The molecule has 3 fully saturated rings. The molecule has 3 heterocycles. The van der Waals surface area contributed by atoms with E-state index in [0.29, 0.717) is 6.04 Å². The van der Waals surface area contributed by atoms with Crippen LogP contribution in [0.2, 0.25) is 0 Å². The predicted octanol–water partition coefficient (Wildman–Crippen LogP) is -0.245. The molecule has 1 unspecified atom stereocenters. The summed E-state index contributed by atoms with van der Waals surface area (Å²) in [5.74, 6) is 0.252. The quantitative estimate of drug-likeness (QED) is 0.725. The summed E-state index contributed by atoms with van der Waals surface area (Å²) in [7, 11) is 0. The molecule has 0 spiro atoms. The van der Waals surface area contributed by atoms with E-state index in [1.54, 1.807) is 0 Å². The first-order valence-electron chi connectivity index (χ1n) is 7.32. The summed E-state index contributed by atoms with van der Waals surface area (Å²) < 4.78 is 0. The Hall–Kier alpha value is -1.30. The Kier molecular flexibility index (Phi) is 3.59. The SMILES string of the molecule is O=C(C1CCCN1)N1CCC(N2CCNC2=O)CC1. The van der Waals surface area contributed by atoms with Crippen molar-refractivity contribution in [2.75, 3.05) is 32.7 Å². The standard InChI is InChI=1S/C13H22N4O2/c18-12(11-2-1-5-14-11)16-7-3-10(4-8-16)17-9-6-15-13(17)19/h10-11,14H,1-9H2,(H,15,19). The minimum Gasteiger partial charge on any atom is -0.341 e. The van der Waals surface area contributed by atoms with Crippen LogP contribution in [0.15, 0.2) is 0 Å². The van der Waals surface area contributed by atoms with Gasteiger partial charge in [0.25, 0.3) is 0 Å². The van der Waals surface area contributed by atoms with Gasteiger partial charge in [0.05, 0.1) is 6.04 Å². The highest BCUT2D eigenvalue weighted by Crippen LogP contribution is 2.20. The Morgan fingerprint density at radius 1 is 1.11 bits per heavy atom. The van der Waals surface area contributed by atoms with Crippen molar-refractivity contribution in [3.63, 3.8) is 0 Å². The fraction of sp³-hybridized carbons (Fsp3) is 0.846. The Balaban J connectivity index is 1.51. The van der Waals surface area contributed by atoms with Crippen molar-refractivity contribution in [2.45, 2.75) is 37.8 Å². The molecule has 3 saturated heterocycles. The Morgan fingerprint density at radius 3 is 2.47 bits per heavy atom. The summed E-state index contributed by atoms with van der Waals surface area (Å²) in [6.45, 7) is 4.09. The molecule has 3 aliphatic rings. The van der Waals surface area contributed by atoms with Crippen molar-refractivity contribution < 1.29 is 9.59 Å². The Bertz CT molecular complexity index is 360. The van der Waals surface area contributed by atoms with Crippen LogP contribution in [0.1, 0.15) is 25.7 Å². The number of rotatable bonds is 2. The van der Waals surface area contributed by atoms with E-state index in [1.165, 1.54) is 0 Å². The summed E-state index contributed by atoms with van der Waals surface area (Å²) in [5, 5.41) is 6.10. The topological polar surface area (TPSA) is 64.7 Å². The van der Waals surface area contributed by atoms with Crippen LogP contribution in [-0.2, 0) is 4.79 Å². The molecule has 106 valence electrons. The molecular formula is C13H22N4O2. The van der Waals surface area contributed by atoms with E-state index < -0.39 is 0 Å². The molecule has 0 radical (unpaired) electrons. The number of likely N-dealkylation sites (tertiary alicyclic amines) is 1. The lowest BCUT2D eigenvalue weighted by atomic mass is 10.0. The van der Waals surface area contributed by atoms with Crippen molar-refractivity contribution in [3.05, 3.63) is 0 Å². The second-order valence-electron chi connectivity index (χ2n) is 5.63. The van der Waals surface area contributed by atoms with E-state index in [-0.39, 0.29) is 18.0 Å². The van der Waals surface area contributed by atoms with E-state index in [4.69, 9.17) is 0 Å². The van der Waals surface area contributed by atoms with Crippen molar-refractivity contribution in [3.8, 4) is 0 Å². The molecule has 6 heteroatoms. The monoisotopic (exact) mass is 266 g/mol. The molecule has 0 aromatic heterocycles. The van der Waals surface area contributed by atoms with Gasteiger partial charge in [-0.05, 0) is 32.2 Å². The fourth-order valence-corrected chi connectivity index (χ4v) is 3.35. The van der Waals surface area contributed by atoms with Crippen LogP contribution in [0.5, 0.6) is 0 Å². The first-order chi connectivity index (χ1) is 9.25. The number of nitrogens with zero attached hydrogens (tertiary/aromatic N) is 2. The number of amides is 3. The number of carbonyl (C=O) groups excluding carboxylic acids is 2. The van der Waals surface area contributed by atoms with Crippen LogP contribution in [0.25, 0.3) is 0 Å². The molecular weight excluding hydrogens is 244 g/mol. The van der Waals surface area contributed by atoms with Gasteiger partial charge in [0.1, 0.15) is 0 Å². The predicted molar refractivity (Wildman–Crippen MR) is 70.7 cm³/mol. The van der Waals surface area contributed by atoms with Crippen molar-refractivity contribution >= 4 is 11.9 Å². The molecule has 3 amide bonds. The molecule has 3 rings (SSSR count). The average molecular weight is 266 g/mol. The highest BCUT2D eigenvalue weighted by molar-refractivity contribution is 5.82. The minimum absolute atomic E-state index is 0.0339. The second-order valence-corrected chi connectivity index (χ2v) is 5.63. The van der Waals surface area contributed by atoms with Gasteiger partial charge in [0.2, 0.25) is 5.91 Å². The number of hydrogen-bond donors (Lipinski definition) is 2. The lowest BCUT2D eigenvalue weighted by Gasteiger charge is -2.37. The lowest BCUT2D eigenvalue weighted by Crippen LogP contribution is -2.51. The third-order valence-electron chi connectivity index (χ3n) is 4.47. The minimum atomic E-state index is 0.0339. The first-order valence-corrected chi connectivity index (χ1v) is 7.32. The largest absolute Gasteiger partial charge is 0.341 e. The molecule has 0 aromatic carbocycles. The maximum atomic E-state index is 12.3. The molecule has 1 atom stereocenters. The van der Waals surface area contributed by atoms with Crippen molar-refractivity contribution in [1.29, 1.82) is 0 Å². The molecule has 0 bridgehead atoms. The smallest absolute Gasteiger partial charge is 0.317 e. The molecule has 19 heavy (non-hydrogen) atoms. The highest BCUT2D eigenvalue weighted by atomic mass is 16.2. The number of carbonyl (C=O) groups is 2. The summed E-state index contributed by atoms with van der Waals surface area (Å²) >= 11 is 0. The first kappa shape index (κ1) is 12.7. The van der Waals surface area contributed by atoms with Crippen molar-refractivity contribution in [1.82, 2.24) is 20.4 Å². The normalized spacial score (nSPS) is 28.8. The van der Waals surface area contributed by atoms with Crippen LogP contribution in [0.4, 0.5) is 4.79 Å². The van der Waals surface area contributed by atoms with Gasteiger partial charge in [0.15, 0.2) is 0 Å². The van der Waals surface area contributed by atoms with Gasteiger partial charge in [-0.3, -0.25) is 4.79 Å². The summed E-state index contributed by atoms with van der Waals surface area (Å²) in [6, 6.07) is 0.400. The third kappa shape index (κ3) is 2.54. The maximum Gasteiger partial charge on any atom is 0.317 e. The fourth-order valence-electron chi connectivity index (χ4n) is 3.35. The van der Waals surface area contributed by atoms with Gasteiger partial charge < -0.3 is 20.4 Å². The zero-order valence-corrected chi connectivity index (χ0v) is 11.2. The van der Waals surface area contributed by atoms with Gasteiger partial charge in [0, 0.05) is 32.2 Å². The average Bonchev–Trinajstić information content (AvgIpc) is 3.09. The molecule has 0 aromatic rings. The van der Waals surface area contributed by atoms with E-state index in [2.05, 4.69) is 10.6 Å². The molecule has 0 saturated carbocycles. The molecule has 0 aliphatic carbocycles. The summed E-state index contributed by atoms with van der Waals surface area (Å²) in [6.07, 6.45) is 3.88. The van der Waals surface area contributed by atoms with Crippen LogP contribution >= 0.6 is 0 Å². The Morgan fingerprint density at radius 2 is 1.89 bits per heavy atom. The molecule has 6 nitrogen and oxygen atoms in total. The van der Waals surface area contributed by atoms with Gasteiger partial charge in [-0.25, -0.2) is 4.79 Å². The van der Waals surface area contributed by atoms with E-state index >= 15 is 0 Å². The number of nitrogens with one attached hydrogen (secondary N) is 2. The second kappa shape index (κ2) is 5.36. The number of piperidine rings is 1. The Labute approximate surface area is 113 Å². The van der Waals surface area contributed by atoms with Crippen LogP contribution < -0.4 is 10.6 Å². The zero-order valence-electron chi connectivity index (χ0n) is 11.2. The van der Waals surface area contributed by atoms with Crippen molar-refractivity contribution in [2.24, 2.45) is 0 Å². The molecule has 3 aliphatic heterocycles. The maximum absolute atomic E-state index is 12.3. The number of urea groups is 1. The van der Waals surface area contributed by atoms with Crippen LogP contribution in [0.3, 0.4) is 0 Å². The summed E-state index contributed by atoms with van der Waals surface area (Å²) in [5.41, 5.74) is 0. The lowest BCUT2D eigenvalue weighted by molar-refractivity contribution is -0.134. The van der Waals surface area contributed by atoms with Gasteiger partial charge >= 0.3 is 6.03 Å². The zero-order chi connectivity index (χ0) is 13.2. The van der Waals surface area contributed by atoms with E-state index in [9.17, 15) is 9.59 Å². The third-order valence-corrected chi connectivity index (χ3v) is 4.47. The van der Waals surface area contributed by atoms with Crippen LogP contribution in [-0.4, -0.2) is 66.5 Å².